The zero-order valence-corrected chi connectivity index (χ0v) is 15.0. The first-order valence-electron chi connectivity index (χ1n) is 9.10. The fourth-order valence-electron chi connectivity index (χ4n) is 3.27. The lowest BCUT2D eigenvalue weighted by Gasteiger charge is -2.34. The van der Waals surface area contributed by atoms with E-state index in [2.05, 4.69) is 53.4 Å². The number of hydrogen-bond acceptors (Lipinski definition) is 4. The van der Waals surface area contributed by atoms with E-state index >= 15 is 0 Å². The van der Waals surface area contributed by atoms with Crippen LogP contribution in [-0.2, 0) is 6.54 Å². The molecule has 1 N–H and O–H groups in total. The Morgan fingerprint density at radius 1 is 1.20 bits per heavy atom. The third-order valence-electron chi connectivity index (χ3n) is 4.82. The lowest BCUT2D eigenvalue weighted by molar-refractivity contribution is 0.0601. The Labute approximate surface area is 149 Å². The van der Waals surface area contributed by atoms with E-state index < -0.39 is 0 Å². The van der Waals surface area contributed by atoms with Crippen molar-refractivity contribution in [1.82, 2.24) is 14.9 Å². The standard InChI is InChI=1S/C20H26N4O/c1-3-17-6-4-5-11-24(17)20(25)18-13-23-19(14-21-18)22-12-16-9-7-15(2)8-10-16/h7-10,13-14,17H,3-6,11-12H2,1-2H3,(H,22,23). The van der Waals surface area contributed by atoms with Crippen molar-refractivity contribution >= 4 is 11.7 Å². The highest BCUT2D eigenvalue weighted by atomic mass is 16.2. The van der Waals surface area contributed by atoms with E-state index in [4.69, 9.17) is 0 Å². The number of piperidine rings is 1. The molecule has 1 aliphatic heterocycles. The molecule has 1 fully saturated rings. The van der Waals surface area contributed by atoms with Gasteiger partial charge in [0.2, 0.25) is 0 Å². The Bertz CT molecular complexity index is 697. The fourth-order valence-corrected chi connectivity index (χ4v) is 3.27. The molecule has 1 aromatic heterocycles. The van der Waals surface area contributed by atoms with Gasteiger partial charge in [-0.3, -0.25) is 4.79 Å². The average molecular weight is 338 g/mol. The molecule has 0 aliphatic carbocycles. The summed E-state index contributed by atoms with van der Waals surface area (Å²) >= 11 is 0. The number of benzene rings is 1. The third-order valence-corrected chi connectivity index (χ3v) is 4.82. The highest BCUT2D eigenvalue weighted by molar-refractivity contribution is 5.92. The van der Waals surface area contributed by atoms with Gasteiger partial charge in [0, 0.05) is 19.1 Å². The molecule has 25 heavy (non-hydrogen) atoms. The Balaban J connectivity index is 1.61. The van der Waals surface area contributed by atoms with Gasteiger partial charge in [-0.05, 0) is 38.2 Å². The minimum absolute atomic E-state index is 0.00383. The average Bonchev–Trinajstić information content (AvgIpc) is 2.67. The van der Waals surface area contributed by atoms with Crippen molar-refractivity contribution < 1.29 is 4.79 Å². The summed E-state index contributed by atoms with van der Waals surface area (Å²) in [7, 11) is 0. The molecule has 1 aliphatic rings. The second-order valence-electron chi connectivity index (χ2n) is 6.68. The molecule has 1 saturated heterocycles. The van der Waals surface area contributed by atoms with Crippen molar-refractivity contribution in [3.63, 3.8) is 0 Å². The molecule has 132 valence electrons. The number of anilines is 1. The lowest BCUT2D eigenvalue weighted by atomic mass is 10.00. The molecular weight excluding hydrogens is 312 g/mol. The number of hydrogen-bond donors (Lipinski definition) is 1. The summed E-state index contributed by atoms with van der Waals surface area (Å²) in [5.41, 5.74) is 2.86. The molecule has 1 amide bonds. The lowest BCUT2D eigenvalue weighted by Crippen LogP contribution is -2.43. The number of nitrogens with one attached hydrogen (secondary N) is 1. The molecule has 2 heterocycles. The largest absolute Gasteiger partial charge is 0.365 e. The van der Waals surface area contributed by atoms with E-state index in [0.29, 0.717) is 24.1 Å². The highest BCUT2D eigenvalue weighted by Crippen LogP contribution is 2.21. The zero-order valence-electron chi connectivity index (χ0n) is 15.0. The van der Waals surface area contributed by atoms with Crippen molar-refractivity contribution in [2.24, 2.45) is 0 Å². The van der Waals surface area contributed by atoms with Crippen LogP contribution in [0.5, 0.6) is 0 Å². The van der Waals surface area contributed by atoms with Gasteiger partial charge in [-0.1, -0.05) is 36.8 Å². The summed E-state index contributed by atoms with van der Waals surface area (Å²) in [4.78, 5) is 23.3. The molecule has 5 heteroatoms. The van der Waals surface area contributed by atoms with Gasteiger partial charge < -0.3 is 10.2 Å². The number of carbonyl (C=O) groups excluding carboxylic acids is 1. The summed E-state index contributed by atoms with van der Waals surface area (Å²) in [6.07, 6.45) is 7.59. The van der Waals surface area contributed by atoms with Crippen LogP contribution in [0, 0.1) is 6.92 Å². The summed E-state index contributed by atoms with van der Waals surface area (Å²) in [6, 6.07) is 8.70. The van der Waals surface area contributed by atoms with Gasteiger partial charge in [-0.15, -0.1) is 0 Å². The zero-order chi connectivity index (χ0) is 17.6. The summed E-state index contributed by atoms with van der Waals surface area (Å²) < 4.78 is 0. The van der Waals surface area contributed by atoms with Gasteiger partial charge in [0.25, 0.3) is 5.91 Å². The second kappa shape index (κ2) is 8.10. The number of aryl methyl sites for hydroxylation is 1. The van der Waals surface area contributed by atoms with E-state index in [1.807, 2.05) is 4.90 Å². The van der Waals surface area contributed by atoms with Crippen molar-refractivity contribution in [3.8, 4) is 0 Å². The van der Waals surface area contributed by atoms with Crippen LogP contribution in [0.15, 0.2) is 36.7 Å². The maximum absolute atomic E-state index is 12.7. The number of amides is 1. The minimum atomic E-state index is 0.00383. The van der Waals surface area contributed by atoms with Crippen LogP contribution in [0.4, 0.5) is 5.82 Å². The van der Waals surface area contributed by atoms with E-state index in [1.165, 1.54) is 17.5 Å². The molecule has 3 rings (SSSR count). The summed E-state index contributed by atoms with van der Waals surface area (Å²) in [5, 5.41) is 3.25. The molecule has 1 atom stereocenters. The first-order valence-corrected chi connectivity index (χ1v) is 9.10. The van der Waals surface area contributed by atoms with E-state index in [0.717, 1.165) is 25.8 Å². The smallest absolute Gasteiger partial charge is 0.274 e. The Hall–Kier alpha value is -2.43. The number of carbonyl (C=O) groups is 1. The third kappa shape index (κ3) is 4.35. The Kier molecular flexibility index (Phi) is 5.64. The predicted molar refractivity (Wildman–Crippen MR) is 99.5 cm³/mol. The Morgan fingerprint density at radius 2 is 2.00 bits per heavy atom. The molecule has 5 nitrogen and oxygen atoms in total. The molecule has 0 bridgehead atoms. The molecule has 0 radical (unpaired) electrons. The molecule has 0 saturated carbocycles. The molecule has 1 unspecified atom stereocenters. The monoisotopic (exact) mass is 338 g/mol. The van der Waals surface area contributed by atoms with Crippen molar-refractivity contribution in [2.45, 2.75) is 52.1 Å². The maximum atomic E-state index is 12.7. The van der Waals surface area contributed by atoms with E-state index in [-0.39, 0.29) is 5.91 Å². The van der Waals surface area contributed by atoms with Crippen LogP contribution >= 0.6 is 0 Å². The molecule has 2 aromatic rings. The second-order valence-corrected chi connectivity index (χ2v) is 6.68. The fraction of sp³-hybridized carbons (Fsp3) is 0.450. The quantitative estimate of drug-likeness (QED) is 0.901. The number of likely N-dealkylation sites (tertiary alicyclic amines) is 1. The minimum Gasteiger partial charge on any atom is -0.365 e. The van der Waals surface area contributed by atoms with Crippen LogP contribution in [-0.4, -0.2) is 33.4 Å². The number of aromatic nitrogens is 2. The van der Waals surface area contributed by atoms with Crippen LogP contribution in [0.3, 0.4) is 0 Å². The van der Waals surface area contributed by atoms with Crippen molar-refractivity contribution in [1.29, 1.82) is 0 Å². The maximum Gasteiger partial charge on any atom is 0.274 e. The summed E-state index contributed by atoms with van der Waals surface area (Å²) in [6.45, 7) is 5.72. The number of rotatable bonds is 5. The van der Waals surface area contributed by atoms with Crippen LogP contribution in [0.1, 0.15) is 54.2 Å². The van der Waals surface area contributed by atoms with Crippen molar-refractivity contribution in [3.05, 3.63) is 53.5 Å². The topological polar surface area (TPSA) is 58.1 Å². The van der Waals surface area contributed by atoms with Crippen molar-refractivity contribution in [2.75, 3.05) is 11.9 Å². The Morgan fingerprint density at radius 3 is 2.68 bits per heavy atom. The normalized spacial score (nSPS) is 17.4. The van der Waals surface area contributed by atoms with Gasteiger partial charge >= 0.3 is 0 Å². The highest BCUT2D eigenvalue weighted by Gasteiger charge is 2.27. The first kappa shape index (κ1) is 17.4. The van der Waals surface area contributed by atoms with Gasteiger partial charge in [-0.25, -0.2) is 9.97 Å². The summed E-state index contributed by atoms with van der Waals surface area (Å²) in [5.74, 6) is 0.687. The van der Waals surface area contributed by atoms with Gasteiger partial charge in [0.1, 0.15) is 11.5 Å². The molecule has 1 aromatic carbocycles. The van der Waals surface area contributed by atoms with Crippen LogP contribution in [0.25, 0.3) is 0 Å². The van der Waals surface area contributed by atoms with Gasteiger partial charge in [0.05, 0.1) is 12.4 Å². The first-order chi connectivity index (χ1) is 12.2. The van der Waals surface area contributed by atoms with Gasteiger partial charge in [0.15, 0.2) is 0 Å². The van der Waals surface area contributed by atoms with E-state index in [9.17, 15) is 4.79 Å². The number of nitrogens with zero attached hydrogens (tertiary/aromatic N) is 3. The van der Waals surface area contributed by atoms with Crippen LogP contribution < -0.4 is 5.32 Å². The van der Waals surface area contributed by atoms with Gasteiger partial charge in [-0.2, -0.15) is 0 Å². The van der Waals surface area contributed by atoms with Crippen LogP contribution in [0.2, 0.25) is 0 Å². The predicted octanol–water partition coefficient (Wildman–Crippen LogP) is 3.80. The molecule has 0 spiro atoms. The molecular formula is C20H26N4O. The SMILES string of the molecule is CCC1CCCCN1C(=O)c1cnc(NCc2ccc(C)cc2)cn1. The van der Waals surface area contributed by atoms with E-state index in [1.54, 1.807) is 12.4 Å².